The number of aromatic nitrogens is 1. The molecule has 0 saturated carbocycles. The summed E-state index contributed by atoms with van der Waals surface area (Å²) in [6.45, 7) is 0.477. The van der Waals surface area contributed by atoms with Crippen molar-refractivity contribution in [3.8, 4) is 5.75 Å². The zero-order valence-electron chi connectivity index (χ0n) is 8.39. The van der Waals surface area contributed by atoms with Crippen LogP contribution in [0, 0.1) is 0 Å². The van der Waals surface area contributed by atoms with Gasteiger partial charge in [-0.25, -0.2) is 0 Å². The molecule has 1 unspecified atom stereocenters. The molecule has 1 heterocycles. The maximum Gasteiger partial charge on any atom is 0.119 e. The van der Waals surface area contributed by atoms with Crippen LogP contribution in [0.5, 0.6) is 5.75 Å². The van der Waals surface area contributed by atoms with Crippen molar-refractivity contribution in [2.75, 3.05) is 6.61 Å². The van der Waals surface area contributed by atoms with Crippen LogP contribution in [-0.4, -0.2) is 11.6 Å². The van der Waals surface area contributed by atoms with Gasteiger partial charge in [-0.2, -0.15) is 0 Å². The molecular formula is C12H14N2O. The summed E-state index contributed by atoms with van der Waals surface area (Å²) in [5.74, 6) is 0.847. The number of hydrogen-bond donors (Lipinski definition) is 2. The van der Waals surface area contributed by atoms with E-state index in [4.69, 9.17) is 10.5 Å². The Morgan fingerprint density at radius 3 is 2.60 bits per heavy atom. The third-order valence-electron chi connectivity index (χ3n) is 2.19. The van der Waals surface area contributed by atoms with Crippen LogP contribution in [0.4, 0.5) is 0 Å². The van der Waals surface area contributed by atoms with E-state index < -0.39 is 0 Å². The van der Waals surface area contributed by atoms with Gasteiger partial charge in [0, 0.05) is 11.9 Å². The largest absolute Gasteiger partial charge is 0.492 e. The number of nitrogens with two attached hydrogens (primary N) is 1. The Kier molecular flexibility index (Phi) is 3.05. The Bertz CT molecular complexity index is 383. The van der Waals surface area contributed by atoms with Gasteiger partial charge in [-0.15, -0.1) is 0 Å². The van der Waals surface area contributed by atoms with Gasteiger partial charge >= 0.3 is 0 Å². The predicted molar refractivity (Wildman–Crippen MR) is 59.7 cm³/mol. The molecule has 0 radical (unpaired) electrons. The predicted octanol–water partition coefficient (Wildman–Crippen LogP) is 2.09. The fourth-order valence-corrected chi connectivity index (χ4v) is 1.37. The van der Waals surface area contributed by atoms with E-state index in [2.05, 4.69) is 4.98 Å². The molecule has 15 heavy (non-hydrogen) atoms. The number of para-hydroxylation sites is 1. The lowest BCUT2D eigenvalue weighted by atomic mass is 10.2. The minimum atomic E-state index is -0.111. The Hall–Kier alpha value is -1.74. The van der Waals surface area contributed by atoms with Gasteiger partial charge in [-0.05, 0) is 24.3 Å². The smallest absolute Gasteiger partial charge is 0.119 e. The van der Waals surface area contributed by atoms with Gasteiger partial charge in [-0.3, -0.25) is 0 Å². The van der Waals surface area contributed by atoms with Crippen LogP contribution in [0.3, 0.4) is 0 Å². The highest BCUT2D eigenvalue weighted by atomic mass is 16.5. The number of aromatic amines is 1. The Labute approximate surface area is 88.9 Å². The molecule has 0 aliphatic carbocycles. The molecule has 3 nitrogen and oxygen atoms in total. The molecule has 0 aliphatic heterocycles. The van der Waals surface area contributed by atoms with Crippen LogP contribution in [0.25, 0.3) is 0 Å². The number of rotatable bonds is 4. The first-order chi connectivity index (χ1) is 7.36. The summed E-state index contributed by atoms with van der Waals surface area (Å²) in [4.78, 5) is 3.07. The highest BCUT2D eigenvalue weighted by Crippen LogP contribution is 2.12. The van der Waals surface area contributed by atoms with E-state index >= 15 is 0 Å². The van der Waals surface area contributed by atoms with Gasteiger partial charge in [-0.1, -0.05) is 18.2 Å². The van der Waals surface area contributed by atoms with Gasteiger partial charge in [0.15, 0.2) is 0 Å². The molecule has 0 bridgehead atoms. The summed E-state index contributed by atoms with van der Waals surface area (Å²) in [5.41, 5.74) is 6.92. The Morgan fingerprint density at radius 1 is 1.13 bits per heavy atom. The van der Waals surface area contributed by atoms with E-state index in [9.17, 15) is 0 Å². The summed E-state index contributed by atoms with van der Waals surface area (Å²) in [6.07, 6.45) is 1.86. The Balaban J connectivity index is 1.89. The van der Waals surface area contributed by atoms with Gasteiger partial charge in [0.1, 0.15) is 12.4 Å². The molecule has 2 aromatic rings. The molecule has 0 saturated heterocycles. The van der Waals surface area contributed by atoms with Crippen LogP contribution in [-0.2, 0) is 0 Å². The maximum absolute atomic E-state index is 5.93. The maximum atomic E-state index is 5.93. The van der Waals surface area contributed by atoms with Crippen molar-refractivity contribution in [2.45, 2.75) is 6.04 Å². The van der Waals surface area contributed by atoms with Gasteiger partial charge in [0.05, 0.1) is 6.04 Å². The zero-order chi connectivity index (χ0) is 10.5. The van der Waals surface area contributed by atoms with Crippen molar-refractivity contribution in [1.82, 2.24) is 4.98 Å². The molecule has 3 N–H and O–H groups in total. The monoisotopic (exact) mass is 202 g/mol. The van der Waals surface area contributed by atoms with Gasteiger partial charge < -0.3 is 15.5 Å². The molecule has 1 atom stereocenters. The zero-order valence-corrected chi connectivity index (χ0v) is 8.39. The summed E-state index contributed by atoms with van der Waals surface area (Å²) in [5, 5.41) is 0. The SMILES string of the molecule is NC(COc1ccccc1)c1ccc[nH]1. The molecule has 0 amide bonds. The summed E-state index contributed by atoms with van der Waals surface area (Å²) >= 11 is 0. The second-order valence-corrected chi connectivity index (χ2v) is 3.36. The third-order valence-corrected chi connectivity index (χ3v) is 2.19. The van der Waals surface area contributed by atoms with Gasteiger partial charge in [0.2, 0.25) is 0 Å². The molecule has 3 heteroatoms. The molecule has 1 aromatic heterocycles. The van der Waals surface area contributed by atoms with Crippen LogP contribution < -0.4 is 10.5 Å². The first-order valence-electron chi connectivity index (χ1n) is 4.93. The van der Waals surface area contributed by atoms with Crippen molar-refractivity contribution in [3.63, 3.8) is 0 Å². The summed E-state index contributed by atoms with van der Waals surface area (Å²) in [7, 11) is 0. The van der Waals surface area contributed by atoms with Crippen LogP contribution in [0.15, 0.2) is 48.7 Å². The minimum absolute atomic E-state index is 0.111. The highest BCUT2D eigenvalue weighted by molar-refractivity contribution is 5.21. The number of ether oxygens (including phenoxy) is 1. The average molecular weight is 202 g/mol. The van der Waals surface area contributed by atoms with E-state index in [-0.39, 0.29) is 6.04 Å². The first-order valence-corrected chi connectivity index (χ1v) is 4.93. The molecule has 1 aromatic carbocycles. The van der Waals surface area contributed by atoms with Crippen molar-refractivity contribution in [1.29, 1.82) is 0 Å². The number of benzene rings is 1. The molecule has 78 valence electrons. The van der Waals surface area contributed by atoms with E-state index in [0.717, 1.165) is 11.4 Å². The van der Waals surface area contributed by atoms with E-state index in [1.807, 2.05) is 48.7 Å². The minimum Gasteiger partial charge on any atom is -0.492 e. The highest BCUT2D eigenvalue weighted by Gasteiger charge is 2.06. The van der Waals surface area contributed by atoms with E-state index in [1.54, 1.807) is 0 Å². The lowest BCUT2D eigenvalue weighted by Crippen LogP contribution is -2.19. The fraction of sp³-hybridized carbons (Fsp3) is 0.167. The summed E-state index contributed by atoms with van der Waals surface area (Å²) < 4.78 is 5.55. The fourth-order valence-electron chi connectivity index (χ4n) is 1.37. The number of H-pyrrole nitrogens is 1. The standard InChI is InChI=1S/C12H14N2O/c13-11(12-7-4-8-14-12)9-15-10-5-2-1-3-6-10/h1-8,11,14H,9,13H2. The van der Waals surface area contributed by atoms with E-state index in [1.165, 1.54) is 0 Å². The molecule has 2 rings (SSSR count). The van der Waals surface area contributed by atoms with Crippen molar-refractivity contribution in [2.24, 2.45) is 5.73 Å². The molecule has 0 fully saturated rings. The first kappa shape index (κ1) is 9.80. The average Bonchev–Trinajstić information content (AvgIpc) is 2.81. The number of nitrogens with one attached hydrogen (secondary N) is 1. The third kappa shape index (κ3) is 2.60. The van der Waals surface area contributed by atoms with Crippen molar-refractivity contribution < 1.29 is 4.74 Å². The molecular weight excluding hydrogens is 188 g/mol. The second-order valence-electron chi connectivity index (χ2n) is 3.36. The lowest BCUT2D eigenvalue weighted by molar-refractivity contribution is 0.289. The van der Waals surface area contributed by atoms with E-state index in [0.29, 0.717) is 6.61 Å². The van der Waals surface area contributed by atoms with Crippen LogP contribution in [0.1, 0.15) is 11.7 Å². The number of hydrogen-bond acceptors (Lipinski definition) is 2. The molecule has 0 aliphatic rings. The normalized spacial score (nSPS) is 12.3. The molecule has 0 spiro atoms. The van der Waals surface area contributed by atoms with Crippen LogP contribution in [0.2, 0.25) is 0 Å². The Morgan fingerprint density at radius 2 is 1.93 bits per heavy atom. The topological polar surface area (TPSA) is 51.0 Å². The second kappa shape index (κ2) is 4.66. The van der Waals surface area contributed by atoms with Crippen molar-refractivity contribution >= 4 is 0 Å². The lowest BCUT2D eigenvalue weighted by Gasteiger charge is -2.11. The van der Waals surface area contributed by atoms with Crippen molar-refractivity contribution in [3.05, 3.63) is 54.4 Å². The van der Waals surface area contributed by atoms with Crippen LogP contribution >= 0.6 is 0 Å². The quantitative estimate of drug-likeness (QED) is 0.797. The summed E-state index contributed by atoms with van der Waals surface area (Å²) in [6, 6.07) is 13.4. The van der Waals surface area contributed by atoms with Gasteiger partial charge in [0.25, 0.3) is 0 Å².